The van der Waals surface area contributed by atoms with E-state index < -0.39 is 0 Å². The van der Waals surface area contributed by atoms with Gasteiger partial charge in [-0.3, -0.25) is 0 Å². The molecule has 2 nitrogen and oxygen atoms in total. The topological polar surface area (TPSA) is 26.3 Å². The highest BCUT2D eigenvalue weighted by molar-refractivity contribution is 6.23. The minimum atomic E-state index is 0.798. The van der Waals surface area contributed by atoms with Gasteiger partial charge in [0.05, 0.1) is 0 Å². The summed E-state index contributed by atoms with van der Waals surface area (Å²) in [6, 6.07) is 52.2. The van der Waals surface area contributed by atoms with Crippen molar-refractivity contribution in [3.63, 3.8) is 0 Å². The molecule has 204 valence electrons. The third kappa shape index (κ3) is 3.25. The molecule has 0 aliphatic carbocycles. The molecule has 2 heteroatoms. The van der Waals surface area contributed by atoms with Crippen LogP contribution < -0.4 is 0 Å². The van der Waals surface area contributed by atoms with E-state index >= 15 is 0 Å². The summed E-state index contributed by atoms with van der Waals surface area (Å²) in [6.07, 6.45) is 0. The normalized spacial score (nSPS) is 12.1. The zero-order chi connectivity index (χ0) is 28.8. The largest absolute Gasteiger partial charge is 0.452 e. The van der Waals surface area contributed by atoms with Crippen LogP contribution in [0.1, 0.15) is 0 Å². The Morgan fingerprint density at radius 3 is 1.43 bits per heavy atom. The van der Waals surface area contributed by atoms with Crippen LogP contribution in [0.25, 0.3) is 98.4 Å². The molecule has 0 radical (unpaired) electrons. The smallest absolute Gasteiger partial charge is 0.178 e. The Bertz CT molecular complexity index is 2720. The first-order chi connectivity index (χ1) is 21.8. The quantitative estimate of drug-likeness (QED) is 0.197. The molecule has 0 amide bonds. The Labute approximate surface area is 252 Å². The van der Waals surface area contributed by atoms with Crippen molar-refractivity contribution in [2.45, 2.75) is 0 Å². The predicted molar refractivity (Wildman–Crippen MR) is 184 cm³/mol. The van der Waals surface area contributed by atoms with E-state index in [1.165, 1.54) is 54.6 Å². The van der Waals surface area contributed by atoms with Crippen LogP contribution in [0.5, 0.6) is 0 Å². The van der Waals surface area contributed by atoms with E-state index in [1.807, 2.05) is 18.2 Å². The fourth-order valence-corrected chi connectivity index (χ4v) is 7.27. The van der Waals surface area contributed by atoms with Crippen molar-refractivity contribution < 1.29 is 8.83 Å². The lowest BCUT2D eigenvalue weighted by Crippen LogP contribution is -1.91. The summed E-state index contributed by atoms with van der Waals surface area (Å²) in [5.41, 5.74) is 8.24. The highest BCUT2D eigenvalue weighted by Crippen LogP contribution is 2.46. The Balaban J connectivity index is 1.26. The molecule has 2 aromatic heterocycles. The van der Waals surface area contributed by atoms with Gasteiger partial charge in [-0.05, 0) is 91.0 Å². The van der Waals surface area contributed by atoms with Crippen LogP contribution in [0.15, 0.2) is 154 Å². The SMILES string of the molecule is c1ccc2cc(-c3c4ccccc4c(-c4ccc5oc6c(ccc7c8ccccc8oc76)c5c4)c4ccccc34)ccc2c1. The second-order valence-electron chi connectivity index (χ2n) is 11.6. The van der Waals surface area contributed by atoms with Crippen molar-refractivity contribution in [3.8, 4) is 22.3 Å². The van der Waals surface area contributed by atoms with Gasteiger partial charge >= 0.3 is 0 Å². The maximum atomic E-state index is 6.48. The first-order valence-electron chi connectivity index (χ1n) is 15.0. The lowest BCUT2D eigenvalue weighted by Gasteiger charge is -2.18. The molecule has 10 rings (SSSR count). The molecule has 0 saturated carbocycles. The minimum absolute atomic E-state index is 0.798. The molecule has 2 heterocycles. The molecule has 10 aromatic rings. The van der Waals surface area contributed by atoms with Gasteiger partial charge in [0.2, 0.25) is 0 Å². The lowest BCUT2D eigenvalue weighted by atomic mass is 9.85. The Hall–Kier alpha value is -5.86. The number of fused-ring (bicyclic) bond motifs is 10. The summed E-state index contributed by atoms with van der Waals surface area (Å²) in [5, 5.41) is 11.8. The van der Waals surface area contributed by atoms with Gasteiger partial charge < -0.3 is 8.83 Å². The molecular formula is C42H24O2. The van der Waals surface area contributed by atoms with E-state index in [0.717, 1.165) is 43.9 Å². The zero-order valence-corrected chi connectivity index (χ0v) is 23.7. The van der Waals surface area contributed by atoms with Crippen LogP contribution >= 0.6 is 0 Å². The third-order valence-corrected chi connectivity index (χ3v) is 9.24. The standard InChI is InChI=1S/C42H24O2/c1-2-10-26-23-27(18-17-25(26)9-1)39-30-12-3-5-14-32(30)40(33-15-6-4-13-31(33)39)28-19-22-38-36(24-28)35-21-20-34-29-11-7-8-16-37(29)43-41(34)42(35)44-38/h1-24H. The summed E-state index contributed by atoms with van der Waals surface area (Å²) < 4.78 is 12.8. The van der Waals surface area contributed by atoms with Crippen molar-refractivity contribution in [3.05, 3.63) is 146 Å². The number of rotatable bonds is 2. The Kier molecular flexibility index (Phi) is 4.75. The van der Waals surface area contributed by atoms with Crippen LogP contribution in [0, 0.1) is 0 Å². The van der Waals surface area contributed by atoms with Crippen LogP contribution in [0.2, 0.25) is 0 Å². The maximum absolute atomic E-state index is 6.48. The first kappa shape index (κ1) is 23.7. The van der Waals surface area contributed by atoms with Gasteiger partial charge in [-0.1, -0.05) is 109 Å². The van der Waals surface area contributed by atoms with Gasteiger partial charge in [0.1, 0.15) is 11.2 Å². The van der Waals surface area contributed by atoms with Gasteiger partial charge in [0.25, 0.3) is 0 Å². The van der Waals surface area contributed by atoms with Gasteiger partial charge in [0, 0.05) is 21.5 Å². The summed E-state index contributed by atoms with van der Waals surface area (Å²) in [7, 11) is 0. The molecule has 0 N–H and O–H groups in total. The van der Waals surface area contributed by atoms with E-state index in [9.17, 15) is 0 Å². The van der Waals surface area contributed by atoms with Crippen molar-refractivity contribution in [1.29, 1.82) is 0 Å². The second-order valence-corrected chi connectivity index (χ2v) is 11.6. The number of para-hydroxylation sites is 1. The average molecular weight is 561 g/mol. The zero-order valence-electron chi connectivity index (χ0n) is 23.7. The molecule has 0 fully saturated rings. The van der Waals surface area contributed by atoms with Gasteiger partial charge in [-0.15, -0.1) is 0 Å². The van der Waals surface area contributed by atoms with Crippen LogP contribution in [-0.2, 0) is 0 Å². The lowest BCUT2D eigenvalue weighted by molar-refractivity contribution is 0.633. The predicted octanol–water partition coefficient (Wildman–Crippen LogP) is 12.3. The second kappa shape index (κ2) is 8.82. The molecule has 0 spiro atoms. The summed E-state index contributed by atoms with van der Waals surface area (Å²) in [6.45, 7) is 0. The van der Waals surface area contributed by atoms with Crippen molar-refractivity contribution in [2.24, 2.45) is 0 Å². The monoisotopic (exact) mass is 560 g/mol. The van der Waals surface area contributed by atoms with E-state index in [1.54, 1.807) is 0 Å². The molecule has 0 atom stereocenters. The van der Waals surface area contributed by atoms with E-state index in [-0.39, 0.29) is 0 Å². The van der Waals surface area contributed by atoms with Gasteiger partial charge in [0.15, 0.2) is 11.2 Å². The summed E-state index contributed by atoms with van der Waals surface area (Å²) in [5.74, 6) is 0. The Morgan fingerprint density at radius 2 is 0.773 bits per heavy atom. The molecule has 0 aliphatic rings. The summed E-state index contributed by atoms with van der Waals surface area (Å²) >= 11 is 0. The van der Waals surface area contributed by atoms with E-state index in [4.69, 9.17) is 8.83 Å². The number of hydrogen-bond acceptors (Lipinski definition) is 2. The highest BCUT2D eigenvalue weighted by atomic mass is 16.4. The van der Waals surface area contributed by atoms with Crippen LogP contribution in [0.3, 0.4) is 0 Å². The third-order valence-electron chi connectivity index (χ3n) is 9.24. The van der Waals surface area contributed by atoms with Gasteiger partial charge in [-0.2, -0.15) is 0 Å². The molecule has 0 bridgehead atoms. The molecule has 8 aromatic carbocycles. The first-order valence-corrected chi connectivity index (χ1v) is 15.0. The fourth-order valence-electron chi connectivity index (χ4n) is 7.27. The van der Waals surface area contributed by atoms with E-state index in [2.05, 4.69) is 127 Å². The van der Waals surface area contributed by atoms with Crippen molar-refractivity contribution in [2.75, 3.05) is 0 Å². The van der Waals surface area contributed by atoms with Crippen LogP contribution in [0.4, 0.5) is 0 Å². The Morgan fingerprint density at radius 1 is 0.295 bits per heavy atom. The minimum Gasteiger partial charge on any atom is -0.452 e. The van der Waals surface area contributed by atoms with E-state index in [0.29, 0.717) is 0 Å². The molecule has 0 unspecified atom stereocenters. The van der Waals surface area contributed by atoms with Crippen LogP contribution in [-0.4, -0.2) is 0 Å². The molecule has 0 aliphatic heterocycles. The number of hydrogen-bond donors (Lipinski definition) is 0. The molecule has 0 saturated heterocycles. The van der Waals surface area contributed by atoms with Gasteiger partial charge in [-0.25, -0.2) is 0 Å². The molecular weight excluding hydrogens is 536 g/mol. The summed E-state index contributed by atoms with van der Waals surface area (Å²) in [4.78, 5) is 0. The highest BCUT2D eigenvalue weighted by Gasteiger charge is 2.19. The average Bonchev–Trinajstić information content (AvgIpc) is 3.65. The number of benzene rings is 8. The maximum Gasteiger partial charge on any atom is 0.178 e. The van der Waals surface area contributed by atoms with Crippen molar-refractivity contribution in [1.82, 2.24) is 0 Å². The van der Waals surface area contributed by atoms with Crippen molar-refractivity contribution >= 4 is 76.2 Å². The fraction of sp³-hybridized carbons (Fsp3) is 0. The molecule has 44 heavy (non-hydrogen) atoms. The number of furan rings is 2.